The molecule has 0 aliphatic carbocycles. The van der Waals surface area contributed by atoms with Gasteiger partial charge in [0.1, 0.15) is 21.4 Å². The highest BCUT2D eigenvalue weighted by Gasteiger charge is 2.23. The van der Waals surface area contributed by atoms with Gasteiger partial charge in [0.2, 0.25) is 23.8 Å². The molecule has 6 aromatic rings. The summed E-state index contributed by atoms with van der Waals surface area (Å²) in [7, 11) is -6.40. The zero-order chi connectivity index (χ0) is 44.5. The highest BCUT2D eigenvalue weighted by molar-refractivity contribution is 7.87. The van der Waals surface area contributed by atoms with Crippen molar-refractivity contribution in [2.45, 2.75) is 22.6 Å². The number of hydrogen-bond donors (Lipinski definition) is 2. The Morgan fingerprint density at radius 1 is 0.547 bits per heavy atom. The topological polar surface area (TPSA) is 213 Å². The summed E-state index contributed by atoms with van der Waals surface area (Å²) < 4.78 is 74.7. The summed E-state index contributed by atoms with van der Waals surface area (Å²) >= 11 is 0. The zero-order valence-electron chi connectivity index (χ0n) is 35.1. The van der Waals surface area contributed by atoms with Crippen molar-refractivity contribution in [2.24, 2.45) is 0 Å². The lowest BCUT2D eigenvalue weighted by atomic mass is 10.1. The van der Waals surface area contributed by atoms with Crippen LogP contribution in [-0.4, -0.2) is 114 Å². The molecule has 2 N–H and O–H groups in total. The maximum Gasteiger partial charge on any atom is 0.297 e. The number of para-hydroxylation sites is 1. The summed E-state index contributed by atoms with van der Waals surface area (Å²) in [6.45, 7) is 4.53. The van der Waals surface area contributed by atoms with E-state index in [4.69, 9.17) is 32.8 Å². The molecule has 0 saturated carbocycles. The van der Waals surface area contributed by atoms with Gasteiger partial charge in [-0.1, -0.05) is 78.9 Å². The molecule has 0 amide bonds. The summed E-state index contributed by atoms with van der Waals surface area (Å²) in [5.41, 5.74) is 3.22. The smallest absolute Gasteiger partial charge is 0.297 e. The van der Waals surface area contributed by atoms with Gasteiger partial charge in [-0.2, -0.15) is 41.8 Å². The third-order valence-corrected chi connectivity index (χ3v) is 13.0. The first kappa shape index (κ1) is 44.2. The zero-order valence-corrected chi connectivity index (χ0v) is 36.8. The summed E-state index contributed by atoms with van der Waals surface area (Å²) in [4.78, 5) is 31.9. The Bertz CT molecular complexity index is 2640. The Morgan fingerprint density at radius 2 is 1.03 bits per heavy atom. The van der Waals surface area contributed by atoms with E-state index in [0.717, 1.165) is 25.5 Å². The highest BCUT2D eigenvalue weighted by Crippen LogP contribution is 2.29. The summed E-state index contributed by atoms with van der Waals surface area (Å²) in [5.74, 6) is 2.43. The lowest BCUT2D eigenvalue weighted by molar-refractivity contribution is 0.122. The van der Waals surface area contributed by atoms with Crippen molar-refractivity contribution in [3.05, 3.63) is 131 Å². The van der Waals surface area contributed by atoms with Crippen molar-refractivity contribution in [2.75, 3.05) is 87.3 Å². The number of morpholine rings is 2. The summed E-state index contributed by atoms with van der Waals surface area (Å²) in [5, 5.41) is 6.33. The van der Waals surface area contributed by atoms with Crippen LogP contribution in [0, 0.1) is 0 Å². The van der Waals surface area contributed by atoms with Crippen LogP contribution in [0.5, 0.6) is 0 Å². The molecular weight excluding hydrogens is 861 g/mol. The molecule has 64 heavy (non-hydrogen) atoms. The van der Waals surface area contributed by atoms with Crippen LogP contribution in [0.1, 0.15) is 33.9 Å². The minimum absolute atomic E-state index is 0.129. The van der Waals surface area contributed by atoms with E-state index in [2.05, 4.69) is 25.6 Å². The third-order valence-electron chi connectivity index (χ3n) is 10.3. The average molecular weight is 907 g/mol. The van der Waals surface area contributed by atoms with E-state index in [9.17, 15) is 16.8 Å². The van der Waals surface area contributed by atoms with Crippen LogP contribution in [0.4, 0.5) is 35.2 Å². The number of nitrogens with zero attached hydrogens (tertiary/aromatic N) is 8. The van der Waals surface area contributed by atoms with Gasteiger partial charge in [-0.3, -0.25) is 8.37 Å². The SMILES string of the molecule is COS(=O)(=O)c1cc(Cc2nc(Cc3ccccc3)nc(N3CCOCC3)n2)ccc1/C=C/c1ccc(Nc2nc(Nc3ccccc3)nc(N3CCOCC3)n2)cc1S(=O)(=O)OC. The first-order chi connectivity index (χ1) is 31.0. The molecule has 0 bridgehead atoms. The second kappa shape index (κ2) is 20.0. The fourth-order valence-electron chi connectivity index (χ4n) is 7.01. The quantitative estimate of drug-likeness (QED) is 0.0939. The van der Waals surface area contributed by atoms with Gasteiger partial charge >= 0.3 is 0 Å². The Hall–Kier alpha value is -6.42. The standard InChI is InChI=1S/C44H46N10O8S2/c1-59-63(55,56)37-27-32(29-40-47-39(28-31-9-5-3-6-10-31)48-43(49-40)53-19-23-61-24-20-53)13-14-33(37)15-16-34-17-18-36(30-38(34)64(57,58)60-2)46-42-50-41(45-35-11-7-4-8-12-35)51-44(52-42)54-21-25-62-26-22-54/h3-18,27,30H,19-26,28-29H2,1-2H3,(H2,45,46,50,51,52)/b16-15+. The van der Waals surface area contributed by atoms with Gasteiger partial charge in [-0.25, -0.2) is 4.98 Å². The number of aromatic nitrogens is 6. The maximum absolute atomic E-state index is 13.4. The molecular formula is C44H46N10O8S2. The second-order valence-electron chi connectivity index (χ2n) is 14.6. The largest absolute Gasteiger partial charge is 0.378 e. The van der Waals surface area contributed by atoms with Crippen LogP contribution in [-0.2, 0) is 50.9 Å². The van der Waals surface area contributed by atoms with Crippen LogP contribution in [0.3, 0.4) is 0 Å². The number of ether oxygens (including phenoxy) is 2. The Kier molecular flexibility index (Phi) is 13.8. The molecule has 0 unspecified atom stereocenters. The van der Waals surface area contributed by atoms with E-state index in [-0.39, 0.29) is 39.2 Å². The monoisotopic (exact) mass is 906 g/mol. The highest BCUT2D eigenvalue weighted by atomic mass is 32.2. The minimum Gasteiger partial charge on any atom is -0.378 e. The van der Waals surface area contributed by atoms with Crippen molar-refractivity contribution in [3.8, 4) is 0 Å². The van der Waals surface area contributed by atoms with Crippen LogP contribution < -0.4 is 20.4 Å². The maximum atomic E-state index is 13.4. The minimum atomic E-state index is -4.29. The number of anilines is 6. The molecule has 4 heterocycles. The van der Waals surface area contributed by atoms with Crippen LogP contribution in [0.25, 0.3) is 12.2 Å². The molecule has 8 rings (SSSR count). The second-order valence-corrected chi connectivity index (χ2v) is 18.0. The van der Waals surface area contributed by atoms with Crippen LogP contribution in [0.2, 0.25) is 0 Å². The van der Waals surface area contributed by atoms with Gasteiger partial charge in [0.25, 0.3) is 20.2 Å². The molecule has 2 saturated heterocycles. The van der Waals surface area contributed by atoms with Gasteiger partial charge in [0, 0.05) is 50.4 Å². The van der Waals surface area contributed by atoms with Gasteiger partial charge in [-0.05, 0) is 52.6 Å². The van der Waals surface area contributed by atoms with E-state index >= 15 is 0 Å². The Labute approximate surface area is 371 Å². The molecule has 18 nitrogen and oxygen atoms in total. The van der Waals surface area contributed by atoms with Crippen LogP contribution >= 0.6 is 0 Å². The first-order valence-corrected chi connectivity index (χ1v) is 23.2. The van der Waals surface area contributed by atoms with Gasteiger partial charge < -0.3 is 29.9 Å². The fraction of sp³-hybridized carbons (Fsp3) is 0.273. The first-order valence-electron chi connectivity index (χ1n) is 20.4. The van der Waals surface area contributed by atoms with E-state index in [1.807, 2.05) is 70.5 Å². The predicted octanol–water partition coefficient (Wildman–Crippen LogP) is 5.24. The molecule has 2 fully saturated rings. The third kappa shape index (κ3) is 11.0. The normalized spacial score (nSPS) is 14.8. The van der Waals surface area contributed by atoms with Gasteiger partial charge in [0.15, 0.2) is 0 Å². The fourth-order valence-corrected chi connectivity index (χ4v) is 8.78. The lowest BCUT2D eigenvalue weighted by Crippen LogP contribution is -2.37. The number of hydrogen-bond acceptors (Lipinski definition) is 18. The van der Waals surface area contributed by atoms with E-state index < -0.39 is 20.2 Å². The Morgan fingerprint density at radius 3 is 1.59 bits per heavy atom. The van der Waals surface area contributed by atoms with Crippen molar-refractivity contribution in [3.63, 3.8) is 0 Å². The number of rotatable bonds is 16. The molecule has 2 aliphatic rings. The number of nitrogens with one attached hydrogen (secondary N) is 2. The summed E-state index contributed by atoms with van der Waals surface area (Å²) in [6, 6.07) is 28.8. The van der Waals surface area contributed by atoms with E-state index in [1.165, 1.54) is 24.3 Å². The van der Waals surface area contributed by atoms with Gasteiger partial charge in [0.05, 0.1) is 40.6 Å². The summed E-state index contributed by atoms with van der Waals surface area (Å²) in [6.07, 6.45) is 3.68. The van der Waals surface area contributed by atoms with E-state index in [0.29, 0.717) is 93.8 Å². The Balaban J connectivity index is 1.09. The molecule has 20 heteroatoms. The lowest BCUT2D eigenvalue weighted by Gasteiger charge is -2.27. The van der Waals surface area contributed by atoms with Crippen molar-refractivity contribution in [1.82, 2.24) is 29.9 Å². The number of benzene rings is 4. The van der Waals surface area contributed by atoms with Crippen molar-refractivity contribution >= 4 is 67.6 Å². The van der Waals surface area contributed by atoms with E-state index in [1.54, 1.807) is 24.3 Å². The van der Waals surface area contributed by atoms with Crippen molar-refractivity contribution < 1.29 is 34.7 Å². The molecule has 0 atom stereocenters. The average Bonchev–Trinajstić information content (AvgIpc) is 3.32. The molecule has 332 valence electrons. The van der Waals surface area contributed by atoms with Gasteiger partial charge in [-0.15, -0.1) is 0 Å². The predicted molar refractivity (Wildman–Crippen MR) is 241 cm³/mol. The molecule has 2 aliphatic heterocycles. The molecule has 4 aromatic carbocycles. The van der Waals surface area contributed by atoms with Crippen molar-refractivity contribution in [1.29, 1.82) is 0 Å². The molecule has 0 radical (unpaired) electrons. The van der Waals surface area contributed by atoms with Crippen LogP contribution in [0.15, 0.2) is 107 Å². The molecule has 2 aromatic heterocycles. The molecule has 0 spiro atoms.